The summed E-state index contributed by atoms with van der Waals surface area (Å²) in [5.74, 6) is 5.68. The summed E-state index contributed by atoms with van der Waals surface area (Å²) in [6, 6.07) is 3.40. The average Bonchev–Trinajstić information content (AvgIpc) is 2.29. The van der Waals surface area contributed by atoms with Gasteiger partial charge in [-0.25, -0.2) is 19.6 Å². The maximum absolute atomic E-state index is 12.3. The summed E-state index contributed by atoms with van der Waals surface area (Å²) in [5, 5.41) is 8.80. The van der Waals surface area contributed by atoms with Gasteiger partial charge in [-0.2, -0.15) is 0 Å². The topological polar surface area (TPSA) is 74.4 Å². The second-order valence-electron chi connectivity index (χ2n) is 3.54. The lowest BCUT2D eigenvalue weighted by Gasteiger charge is -2.20. The smallest absolute Gasteiger partial charge is 0.251 e. The van der Waals surface area contributed by atoms with E-state index in [1.165, 1.54) is 4.90 Å². The first-order valence-corrected chi connectivity index (χ1v) is 5.18. The molecule has 0 unspecified atom stereocenters. The number of nitrogen functional groups attached to an aromatic ring is 1. The first-order chi connectivity index (χ1) is 8.15. The Hall–Kier alpha value is -1.31. The number of rotatable bonds is 7. The predicted molar refractivity (Wildman–Crippen MR) is 60.4 cm³/mol. The lowest BCUT2D eigenvalue weighted by Crippen LogP contribution is -2.31. The van der Waals surface area contributed by atoms with Crippen LogP contribution in [-0.4, -0.2) is 41.1 Å². The Morgan fingerprint density at radius 1 is 1.53 bits per heavy atom. The molecule has 1 heterocycles. The molecule has 0 aliphatic carbocycles. The second kappa shape index (κ2) is 7.10. The third kappa shape index (κ3) is 5.03. The maximum atomic E-state index is 12.3. The average molecular weight is 246 g/mol. The van der Waals surface area contributed by atoms with Gasteiger partial charge in [-0.05, 0) is 17.7 Å². The molecular formula is C10H16F2N4O. The van der Waals surface area contributed by atoms with Crippen LogP contribution in [0.2, 0.25) is 0 Å². The van der Waals surface area contributed by atoms with E-state index in [0.29, 0.717) is 12.4 Å². The summed E-state index contributed by atoms with van der Waals surface area (Å²) in [6.45, 7) is 0.00815. The van der Waals surface area contributed by atoms with E-state index in [0.717, 1.165) is 5.56 Å². The minimum absolute atomic E-state index is 0.153. The zero-order chi connectivity index (χ0) is 12.7. The quantitative estimate of drug-likeness (QED) is 0.480. The van der Waals surface area contributed by atoms with Crippen molar-refractivity contribution in [2.45, 2.75) is 13.0 Å². The summed E-state index contributed by atoms with van der Waals surface area (Å²) >= 11 is 0. The summed E-state index contributed by atoms with van der Waals surface area (Å²) in [6.07, 6.45) is -0.875. The molecule has 1 rings (SSSR count). The number of nitrogens with two attached hydrogens (primary N) is 1. The molecular weight excluding hydrogens is 230 g/mol. The molecule has 7 heteroatoms. The molecule has 0 bridgehead atoms. The molecule has 0 aliphatic heterocycles. The molecule has 96 valence electrons. The van der Waals surface area contributed by atoms with Gasteiger partial charge in [0, 0.05) is 19.3 Å². The van der Waals surface area contributed by atoms with Crippen molar-refractivity contribution < 1.29 is 13.9 Å². The van der Waals surface area contributed by atoms with E-state index in [2.05, 4.69) is 10.4 Å². The minimum Gasteiger partial charge on any atom is -0.395 e. The van der Waals surface area contributed by atoms with Crippen molar-refractivity contribution >= 4 is 5.82 Å². The van der Waals surface area contributed by atoms with Crippen molar-refractivity contribution in [1.29, 1.82) is 0 Å². The van der Waals surface area contributed by atoms with Gasteiger partial charge in [0.15, 0.2) is 0 Å². The summed E-state index contributed by atoms with van der Waals surface area (Å²) in [4.78, 5) is 5.39. The van der Waals surface area contributed by atoms with Crippen LogP contribution >= 0.6 is 0 Å². The van der Waals surface area contributed by atoms with Crippen molar-refractivity contribution in [3.8, 4) is 0 Å². The Morgan fingerprint density at radius 2 is 2.29 bits per heavy atom. The van der Waals surface area contributed by atoms with Crippen LogP contribution in [-0.2, 0) is 6.54 Å². The molecule has 0 aliphatic rings. The highest BCUT2D eigenvalue weighted by Crippen LogP contribution is 2.09. The van der Waals surface area contributed by atoms with E-state index in [1.807, 2.05) is 0 Å². The fourth-order valence-electron chi connectivity index (χ4n) is 1.48. The molecule has 0 saturated heterocycles. The Kier molecular flexibility index (Phi) is 5.75. The Balaban J connectivity index is 2.64. The van der Waals surface area contributed by atoms with Gasteiger partial charge < -0.3 is 10.5 Å². The van der Waals surface area contributed by atoms with Crippen molar-refractivity contribution in [1.82, 2.24) is 9.88 Å². The Labute approximate surface area is 98.2 Å². The van der Waals surface area contributed by atoms with Gasteiger partial charge in [0.25, 0.3) is 6.43 Å². The monoisotopic (exact) mass is 246 g/mol. The molecule has 0 radical (unpaired) electrons. The number of pyridine rings is 1. The number of aliphatic hydroxyl groups excluding tert-OH is 1. The van der Waals surface area contributed by atoms with E-state index in [1.54, 1.807) is 18.3 Å². The third-order valence-electron chi connectivity index (χ3n) is 2.19. The highest BCUT2D eigenvalue weighted by atomic mass is 19.3. The molecule has 0 aromatic carbocycles. The molecule has 17 heavy (non-hydrogen) atoms. The second-order valence-corrected chi connectivity index (χ2v) is 3.54. The van der Waals surface area contributed by atoms with Crippen LogP contribution in [0.1, 0.15) is 5.56 Å². The number of hydrazine groups is 1. The maximum Gasteiger partial charge on any atom is 0.251 e. The van der Waals surface area contributed by atoms with E-state index in [9.17, 15) is 8.78 Å². The van der Waals surface area contributed by atoms with Crippen molar-refractivity contribution in [3.05, 3.63) is 23.9 Å². The first-order valence-electron chi connectivity index (χ1n) is 5.18. The zero-order valence-electron chi connectivity index (χ0n) is 9.31. The lowest BCUT2D eigenvalue weighted by atomic mass is 10.2. The molecule has 0 amide bonds. The number of alkyl halides is 2. The molecule has 4 N–H and O–H groups in total. The lowest BCUT2D eigenvalue weighted by molar-refractivity contribution is 0.0746. The largest absolute Gasteiger partial charge is 0.395 e. The Bertz CT molecular complexity index is 338. The van der Waals surface area contributed by atoms with Crippen LogP contribution in [0.4, 0.5) is 14.6 Å². The number of aromatic nitrogens is 1. The molecule has 1 aromatic heterocycles. The first kappa shape index (κ1) is 13.8. The number of nitrogens with zero attached hydrogens (tertiary/aromatic N) is 2. The number of anilines is 1. The van der Waals surface area contributed by atoms with Crippen LogP contribution in [0.15, 0.2) is 18.3 Å². The van der Waals surface area contributed by atoms with Crippen LogP contribution in [0.3, 0.4) is 0 Å². The van der Waals surface area contributed by atoms with Crippen molar-refractivity contribution in [3.63, 3.8) is 0 Å². The van der Waals surface area contributed by atoms with Crippen molar-refractivity contribution in [2.75, 3.05) is 25.1 Å². The third-order valence-corrected chi connectivity index (χ3v) is 2.19. The highest BCUT2D eigenvalue weighted by molar-refractivity contribution is 5.35. The van der Waals surface area contributed by atoms with Crippen LogP contribution in [0.5, 0.6) is 0 Å². The molecule has 0 spiro atoms. The van der Waals surface area contributed by atoms with Gasteiger partial charge in [-0.1, -0.05) is 0 Å². The summed E-state index contributed by atoms with van der Waals surface area (Å²) < 4.78 is 24.6. The van der Waals surface area contributed by atoms with Gasteiger partial charge in [0.05, 0.1) is 13.2 Å². The van der Waals surface area contributed by atoms with Gasteiger partial charge in [0.2, 0.25) is 0 Å². The molecule has 5 nitrogen and oxygen atoms in total. The molecule has 1 aromatic rings. The van der Waals surface area contributed by atoms with E-state index in [4.69, 9.17) is 10.9 Å². The molecule has 0 fully saturated rings. The van der Waals surface area contributed by atoms with Gasteiger partial charge in [-0.3, -0.25) is 4.90 Å². The van der Waals surface area contributed by atoms with Gasteiger partial charge >= 0.3 is 0 Å². The highest BCUT2D eigenvalue weighted by Gasteiger charge is 2.12. The van der Waals surface area contributed by atoms with Crippen LogP contribution in [0, 0.1) is 0 Å². The number of hydrogen-bond donors (Lipinski definition) is 3. The van der Waals surface area contributed by atoms with Gasteiger partial charge in [0.1, 0.15) is 5.82 Å². The van der Waals surface area contributed by atoms with E-state index in [-0.39, 0.29) is 19.7 Å². The van der Waals surface area contributed by atoms with Crippen LogP contribution < -0.4 is 11.3 Å². The normalized spacial score (nSPS) is 11.2. The molecule has 0 atom stereocenters. The van der Waals surface area contributed by atoms with E-state index < -0.39 is 6.43 Å². The number of nitrogens with one attached hydrogen (secondary N) is 1. The fraction of sp³-hybridized carbons (Fsp3) is 0.500. The fourth-order valence-corrected chi connectivity index (χ4v) is 1.48. The SMILES string of the molecule is NNc1cc(CN(CCO)CC(F)F)ccn1. The number of halogens is 2. The summed E-state index contributed by atoms with van der Waals surface area (Å²) in [5.41, 5.74) is 3.19. The number of hydrogen-bond acceptors (Lipinski definition) is 5. The van der Waals surface area contributed by atoms with Crippen LogP contribution in [0.25, 0.3) is 0 Å². The van der Waals surface area contributed by atoms with Crippen molar-refractivity contribution in [2.24, 2.45) is 5.84 Å². The zero-order valence-corrected chi connectivity index (χ0v) is 9.31. The van der Waals surface area contributed by atoms with E-state index >= 15 is 0 Å². The minimum atomic E-state index is -2.42. The Morgan fingerprint density at radius 3 is 2.88 bits per heavy atom. The number of aliphatic hydroxyl groups is 1. The standard InChI is InChI=1S/C10H16F2N4O/c11-9(12)7-16(3-4-17)6-8-1-2-14-10(5-8)15-13/h1-2,5,9,17H,3-4,6-7,13H2,(H,14,15). The molecule has 0 saturated carbocycles. The van der Waals surface area contributed by atoms with Gasteiger partial charge in [-0.15, -0.1) is 0 Å². The predicted octanol–water partition coefficient (Wildman–Crippen LogP) is 0.427. The summed E-state index contributed by atoms with van der Waals surface area (Å²) in [7, 11) is 0.